The van der Waals surface area contributed by atoms with Crippen LogP contribution < -0.4 is 15.4 Å². The molecule has 6 nitrogen and oxygen atoms in total. The Balaban J connectivity index is 1.69. The van der Waals surface area contributed by atoms with Crippen LogP contribution in [0.1, 0.15) is 39.0 Å². The average Bonchev–Trinajstić information content (AvgIpc) is 2.64. The Labute approximate surface area is 157 Å². The van der Waals surface area contributed by atoms with Crippen molar-refractivity contribution < 1.29 is 13.2 Å². The summed E-state index contributed by atoms with van der Waals surface area (Å²) in [4.78, 5) is 4.57. The first-order valence-corrected chi connectivity index (χ1v) is 11.2. The first-order valence-electron chi connectivity index (χ1n) is 9.32. The molecule has 0 aromatic heterocycles. The number of guanidine groups is 1. The van der Waals surface area contributed by atoms with Gasteiger partial charge in [0.1, 0.15) is 12.4 Å². The van der Waals surface area contributed by atoms with Gasteiger partial charge in [-0.05, 0) is 55.9 Å². The van der Waals surface area contributed by atoms with Gasteiger partial charge in [-0.25, -0.2) is 8.42 Å². The van der Waals surface area contributed by atoms with E-state index in [1.54, 1.807) is 31.3 Å². The largest absolute Gasteiger partial charge is 0.492 e. The molecule has 0 unspecified atom stereocenters. The predicted molar refractivity (Wildman–Crippen MR) is 106 cm³/mol. The molecule has 1 aliphatic carbocycles. The van der Waals surface area contributed by atoms with Crippen LogP contribution in [0.2, 0.25) is 0 Å². The van der Waals surface area contributed by atoms with Crippen LogP contribution >= 0.6 is 0 Å². The van der Waals surface area contributed by atoms with Gasteiger partial charge in [-0.3, -0.25) is 4.99 Å². The number of aliphatic imine (C=N–C) groups is 1. The van der Waals surface area contributed by atoms with Gasteiger partial charge in [-0.2, -0.15) is 0 Å². The number of ether oxygens (including phenoxy) is 1. The molecule has 0 radical (unpaired) electrons. The Morgan fingerprint density at radius 1 is 1.19 bits per heavy atom. The normalized spacial score (nSPS) is 21.3. The number of nitrogens with one attached hydrogen (secondary N) is 2. The van der Waals surface area contributed by atoms with Gasteiger partial charge >= 0.3 is 0 Å². The van der Waals surface area contributed by atoms with Gasteiger partial charge in [0.2, 0.25) is 0 Å². The Kier molecular flexibility index (Phi) is 7.75. The lowest BCUT2D eigenvalue weighted by atomic mass is 9.84. The summed E-state index contributed by atoms with van der Waals surface area (Å²) in [7, 11) is -1.40. The van der Waals surface area contributed by atoms with Crippen molar-refractivity contribution >= 4 is 15.8 Å². The highest BCUT2D eigenvalue weighted by Gasteiger charge is 2.20. The molecule has 0 bridgehead atoms. The van der Waals surface area contributed by atoms with E-state index in [-0.39, 0.29) is 0 Å². The van der Waals surface area contributed by atoms with Crippen molar-refractivity contribution in [1.29, 1.82) is 0 Å². The van der Waals surface area contributed by atoms with E-state index in [9.17, 15) is 8.42 Å². The number of rotatable bonds is 7. The number of nitrogens with zero attached hydrogens (tertiary/aromatic N) is 1. The van der Waals surface area contributed by atoms with Crippen molar-refractivity contribution in [3.05, 3.63) is 24.3 Å². The summed E-state index contributed by atoms with van der Waals surface area (Å²) in [6.07, 6.45) is 7.45. The second-order valence-electron chi connectivity index (χ2n) is 6.86. The first-order chi connectivity index (χ1) is 12.4. The molecule has 1 saturated carbocycles. The summed E-state index contributed by atoms with van der Waals surface area (Å²) >= 11 is 0. The van der Waals surface area contributed by atoms with Crippen LogP contribution in [-0.4, -0.2) is 46.9 Å². The predicted octanol–water partition coefficient (Wildman–Crippen LogP) is 2.60. The van der Waals surface area contributed by atoms with E-state index in [4.69, 9.17) is 4.74 Å². The zero-order valence-corrected chi connectivity index (χ0v) is 16.8. The lowest BCUT2D eigenvalue weighted by molar-refractivity contribution is 0.301. The second-order valence-corrected chi connectivity index (χ2v) is 8.88. The summed E-state index contributed by atoms with van der Waals surface area (Å²) in [6.45, 7) is 3.37. The van der Waals surface area contributed by atoms with Crippen molar-refractivity contribution in [2.45, 2.75) is 50.0 Å². The SMILES string of the molecule is CCC1CCC(NC(=NC)NCCOc2ccc(S(C)(=O)=O)cc2)CC1. The van der Waals surface area contributed by atoms with E-state index >= 15 is 0 Å². The summed E-state index contributed by atoms with van der Waals surface area (Å²) in [6, 6.07) is 6.97. The van der Waals surface area contributed by atoms with Crippen molar-refractivity contribution in [1.82, 2.24) is 10.6 Å². The Morgan fingerprint density at radius 3 is 2.38 bits per heavy atom. The van der Waals surface area contributed by atoms with E-state index in [0.717, 1.165) is 11.9 Å². The van der Waals surface area contributed by atoms with Crippen molar-refractivity contribution in [2.24, 2.45) is 10.9 Å². The standard InChI is InChI=1S/C19H31N3O3S/c1-4-15-5-7-16(8-6-15)22-19(20-2)21-13-14-25-17-9-11-18(12-10-17)26(3,23)24/h9-12,15-16H,4-8,13-14H2,1-3H3,(H2,20,21,22). The topological polar surface area (TPSA) is 79.8 Å². The van der Waals surface area contributed by atoms with E-state index in [0.29, 0.717) is 29.8 Å². The molecule has 0 amide bonds. The second kappa shape index (κ2) is 9.80. The molecule has 26 heavy (non-hydrogen) atoms. The third-order valence-electron chi connectivity index (χ3n) is 4.90. The minimum atomic E-state index is -3.17. The Hall–Kier alpha value is -1.76. The van der Waals surface area contributed by atoms with Crippen LogP contribution in [0, 0.1) is 5.92 Å². The van der Waals surface area contributed by atoms with Gasteiger partial charge in [0, 0.05) is 19.3 Å². The van der Waals surface area contributed by atoms with Crippen LogP contribution in [0.25, 0.3) is 0 Å². The molecule has 1 aromatic rings. The highest BCUT2D eigenvalue weighted by Crippen LogP contribution is 2.26. The fourth-order valence-corrected chi connectivity index (χ4v) is 3.85. The monoisotopic (exact) mass is 381 g/mol. The van der Waals surface area contributed by atoms with Crippen LogP contribution in [0.4, 0.5) is 0 Å². The lowest BCUT2D eigenvalue weighted by Crippen LogP contribution is -2.45. The number of hydrogen-bond donors (Lipinski definition) is 2. The van der Waals surface area contributed by atoms with Crippen LogP contribution in [0.5, 0.6) is 5.75 Å². The highest BCUT2D eigenvalue weighted by molar-refractivity contribution is 7.90. The molecule has 0 aliphatic heterocycles. The van der Waals surface area contributed by atoms with Gasteiger partial charge < -0.3 is 15.4 Å². The van der Waals surface area contributed by atoms with Gasteiger partial charge in [-0.15, -0.1) is 0 Å². The van der Waals surface area contributed by atoms with Crippen LogP contribution in [-0.2, 0) is 9.84 Å². The molecule has 1 aromatic carbocycles. The number of hydrogen-bond acceptors (Lipinski definition) is 4. The summed E-state index contributed by atoms with van der Waals surface area (Å²) in [5.74, 6) is 2.34. The van der Waals surface area contributed by atoms with Crippen molar-refractivity contribution in [3.8, 4) is 5.75 Å². The van der Waals surface area contributed by atoms with Crippen LogP contribution in [0.15, 0.2) is 34.2 Å². The van der Waals surface area contributed by atoms with Gasteiger partial charge in [0.15, 0.2) is 15.8 Å². The summed E-state index contributed by atoms with van der Waals surface area (Å²) in [5.41, 5.74) is 0. The lowest BCUT2D eigenvalue weighted by Gasteiger charge is -2.29. The molecule has 0 heterocycles. The van der Waals surface area contributed by atoms with E-state index in [1.165, 1.54) is 38.4 Å². The third-order valence-corrected chi connectivity index (χ3v) is 6.03. The zero-order chi connectivity index (χ0) is 19.0. The van der Waals surface area contributed by atoms with Crippen molar-refractivity contribution in [3.63, 3.8) is 0 Å². The van der Waals surface area contributed by atoms with E-state index < -0.39 is 9.84 Å². The average molecular weight is 382 g/mol. The molecular formula is C19H31N3O3S. The zero-order valence-electron chi connectivity index (χ0n) is 16.0. The minimum absolute atomic E-state index is 0.297. The Morgan fingerprint density at radius 2 is 1.85 bits per heavy atom. The quantitative estimate of drug-likeness (QED) is 0.431. The third kappa shape index (κ3) is 6.52. The molecule has 1 aliphatic rings. The summed E-state index contributed by atoms with van der Waals surface area (Å²) < 4.78 is 28.5. The minimum Gasteiger partial charge on any atom is -0.492 e. The fourth-order valence-electron chi connectivity index (χ4n) is 3.22. The van der Waals surface area contributed by atoms with E-state index in [2.05, 4.69) is 22.5 Å². The van der Waals surface area contributed by atoms with Gasteiger partial charge in [0.25, 0.3) is 0 Å². The van der Waals surface area contributed by atoms with Gasteiger partial charge in [0.05, 0.1) is 11.4 Å². The molecule has 146 valence electrons. The van der Waals surface area contributed by atoms with Gasteiger partial charge in [-0.1, -0.05) is 13.3 Å². The maximum Gasteiger partial charge on any atom is 0.191 e. The highest BCUT2D eigenvalue weighted by atomic mass is 32.2. The molecule has 2 N–H and O–H groups in total. The maximum atomic E-state index is 11.4. The first kappa shape index (κ1) is 20.6. The van der Waals surface area contributed by atoms with E-state index in [1.807, 2.05) is 0 Å². The number of sulfone groups is 1. The van der Waals surface area contributed by atoms with Crippen LogP contribution in [0.3, 0.4) is 0 Å². The molecular weight excluding hydrogens is 350 g/mol. The molecule has 0 atom stereocenters. The number of benzene rings is 1. The molecule has 0 spiro atoms. The molecule has 0 saturated heterocycles. The fraction of sp³-hybridized carbons (Fsp3) is 0.632. The summed E-state index contributed by atoms with van der Waals surface area (Å²) in [5, 5.41) is 6.76. The molecule has 2 rings (SSSR count). The molecule has 1 fully saturated rings. The molecule has 7 heteroatoms. The smallest absolute Gasteiger partial charge is 0.191 e. The Bertz CT molecular complexity index is 678. The maximum absolute atomic E-state index is 11.4. The van der Waals surface area contributed by atoms with Crippen molar-refractivity contribution in [2.75, 3.05) is 26.5 Å².